The molecule has 6 rings (SSSR count). The van der Waals surface area contributed by atoms with E-state index in [-0.39, 0.29) is 14.8 Å². The largest absolute Gasteiger partial charge is 0.457 e. The highest BCUT2D eigenvalue weighted by Crippen LogP contribution is 2.90. The molecule has 0 saturated heterocycles. The summed E-state index contributed by atoms with van der Waals surface area (Å²) in [4.78, 5) is 12.0. The minimum atomic E-state index is -0.240. The van der Waals surface area contributed by atoms with Gasteiger partial charge < -0.3 is 4.74 Å². The lowest BCUT2D eigenvalue weighted by Crippen LogP contribution is -2.49. The predicted octanol–water partition coefficient (Wildman–Crippen LogP) is 3.31. The third-order valence-electron chi connectivity index (χ3n) is 6.63. The van der Waals surface area contributed by atoms with E-state index in [0.29, 0.717) is 22.6 Å². The first-order chi connectivity index (χ1) is 8.42. The standard InChI is InChI=1S/C13H13Br3O2/c1-3(17)18-12-8-5-2-4-6(7(5)11(12)14)10(12)13(15,16)9(4)8/h4-11H,2H2,1H3/t4-,5+,6-,7-,8+,9+,10+,11+,12+/m0/s1. The van der Waals surface area contributed by atoms with Crippen LogP contribution in [0.4, 0.5) is 0 Å². The molecular weight excluding hydrogens is 428 g/mol. The molecule has 9 atom stereocenters. The number of alkyl halides is 3. The molecule has 6 bridgehead atoms. The van der Waals surface area contributed by atoms with Crippen molar-refractivity contribution in [2.24, 2.45) is 41.4 Å². The van der Waals surface area contributed by atoms with Gasteiger partial charge in [-0.2, -0.15) is 0 Å². The fraction of sp³-hybridized carbons (Fsp3) is 0.923. The summed E-state index contributed by atoms with van der Waals surface area (Å²) in [5.74, 6) is 4.64. The quantitative estimate of drug-likeness (QED) is 0.462. The lowest BCUT2D eigenvalue weighted by Gasteiger charge is -2.41. The molecule has 18 heavy (non-hydrogen) atoms. The van der Waals surface area contributed by atoms with Crippen LogP contribution in [0, 0.1) is 41.4 Å². The molecule has 5 heteroatoms. The Hall–Kier alpha value is 0.910. The minimum Gasteiger partial charge on any atom is -0.457 e. The van der Waals surface area contributed by atoms with Gasteiger partial charge in [0.05, 0.1) is 8.06 Å². The molecule has 0 heterocycles. The molecule has 0 unspecified atom stereocenters. The van der Waals surface area contributed by atoms with Crippen molar-refractivity contribution in [1.82, 2.24) is 0 Å². The molecule has 6 aliphatic carbocycles. The Balaban J connectivity index is 1.76. The molecule has 6 aliphatic rings. The van der Waals surface area contributed by atoms with E-state index in [4.69, 9.17) is 4.74 Å². The van der Waals surface area contributed by atoms with E-state index < -0.39 is 0 Å². The summed E-state index contributed by atoms with van der Waals surface area (Å²) in [6.45, 7) is 1.56. The van der Waals surface area contributed by atoms with Crippen LogP contribution in [0.3, 0.4) is 0 Å². The zero-order chi connectivity index (χ0) is 12.6. The fourth-order valence-electron chi connectivity index (χ4n) is 6.89. The molecule has 0 amide bonds. The van der Waals surface area contributed by atoms with Gasteiger partial charge in [-0.15, -0.1) is 0 Å². The Bertz CT molecular complexity index is 493. The van der Waals surface area contributed by atoms with Crippen molar-refractivity contribution >= 4 is 53.8 Å². The van der Waals surface area contributed by atoms with E-state index in [0.717, 1.165) is 23.7 Å². The molecule has 6 saturated carbocycles. The molecule has 0 N–H and O–H groups in total. The van der Waals surface area contributed by atoms with Crippen LogP contribution >= 0.6 is 47.8 Å². The summed E-state index contributed by atoms with van der Waals surface area (Å²) < 4.78 is 5.98. The summed E-state index contributed by atoms with van der Waals surface area (Å²) in [5.41, 5.74) is -0.240. The van der Waals surface area contributed by atoms with Gasteiger partial charge in [0.15, 0.2) is 0 Å². The molecule has 0 spiro atoms. The molecule has 0 aromatic heterocycles. The van der Waals surface area contributed by atoms with Gasteiger partial charge in [-0.1, -0.05) is 47.8 Å². The van der Waals surface area contributed by atoms with Crippen LogP contribution in [0.1, 0.15) is 13.3 Å². The molecule has 0 aromatic carbocycles. The van der Waals surface area contributed by atoms with Crippen molar-refractivity contribution in [2.75, 3.05) is 0 Å². The van der Waals surface area contributed by atoms with E-state index in [1.54, 1.807) is 6.92 Å². The highest BCUT2D eigenvalue weighted by atomic mass is 79.9. The summed E-state index contributed by atoms with van der Waals surface area (Å²) in [7, 11) is 0. The van der Waals surface area contributed by atoms with Crippen molar-refractivity contribution in [3.05, 3.63) is 0 Å². The number of rotatable bonds is 1. The maximum atomic E-state index is 11.6. The first-order valence-electron chi connectivity index (χ1n) is 6.64. The summed E-state index contributed by atoms with van der Waals surface area (Å²) in [6, 6.07) is 0. The van der Waals surface area contributed by atoms with Crippen molar-refractivity contribution < 1.29 is 9.53 Å². The smallest absolute Gasteiger partial charge is 0.303 e. The van der Waals surface area contributed by atoms with Crippen LogP contribution in [0.15, 0.2) is 0 Å². The normalized spacial score (nSPS) is 67.6. The minimum absolute atomic E-state index is 0.00146. The van der Waals surface area contributed by atoms with Gasteiger partial charge >= 0.3 is 5.97 Å². The van der Waals surface area contributed by atoms with Crippen molar-refractivity contribution in [3.63, 3.8) is 0 Å². The second-order valence-corrected chi connectivity index (χ2v) is 11.4. The highest BCUT2D eigenvalue weighted by Gasteiger charge is 2.93. The van der Waals surface area contributed by atoms with Crippen LogP contribution in [0.5, 0.6) is 0 Å². The number of hydrogen-bond donors (Lipinski definition) is 0. The van der Waals surface area contributed by atoms with Gasteiger partial charge in [-0.05, 0) is 36.0 Å². The number of halogens is 3. The van der Waals surface area contributed by atoms with Crippen LogP contribution in [0.2, 0.25) is 0 Å². The van der Waals surface area contributed by atoms with Gasteiger partial charge in [0.1, 0.15) is 5.60 Å². The first-order valence-corrected chi connectivity index (χ1v) is 9.14. The SMILES string of the molecule is CC(=O)O[C@@]12[C@@H]3[C@@H]4C[C@H]5[C@@H]([C@H]4[C@H]1Br)[C@H]2C(Br)(Br)[C@H]53. The fourth-order valence-corrected chi connectivity index (χ4v) is 10.9. The lowest BCUT2D eigenvalue weighted by atomic mass is 9.69. The van der Waals surface area contributed by atoms with Crippen molar-refractivity contribution in [1.29, 1.82) is 0 Å². The monoisotopic (exact) mass is 438 g/mol. The number of esters is 1. The molecule has 0 aromatic rings. The van der Waals surface area contributed by atoms with Crippen molar-refractivity contribution in [2.45, 2.75) is 27.0 Å². The van der Waals surface area contributed by atoms with Gasteiger partial charge in [-0.3, -0.25) is 4.79 Å². The zero-order valence-electron chi connectivity index (χ0n) is 9.78. The van der Waals surface area contributed by atoms with Crippen LogP contribution < -0.4 is 0 Å². The summed E-state index contributed by atoms with van der Waals surface area (Å²) in [6.07, 6.45) is 1.35. The summed E-state index contributed by atoms with van der Waals surface area (Å²) >= 11 is 11.8. The zero-order valence-corrected chi connectivity index (χ0v) is 14.5. The van der Waals surface area contributed by atoms with Gasteiger partial charge in [0, 0.05) is 18.8 Å². The Morgan fingerprint density at radius 1 is 1.22 bits per heavy atom. The molecular formula is C13H13Br3O2. The molecule has 0 radical (unpaired) electrons. The highest BCUT2D eigenvalue weighted by molar-refractivity contribution is 9.25. The van der Waals surface area contributed by atoms with Crippen molar-refractivity contribution in [3.8, 4) is 0 Å². The maximum absolute atomic E-state index is 11.6. The van der Waals surface area contributed by atoms with Crippen LogP contribution in [-0.4, -0.2) is 19.6 Å². The number of ether oxygens (including phenoxy) is 1. The molecule has 0 aliphatic heterocycles. The average Bonchev–Trinajstić information content (AvgIpc) is 2.93. The van der Waals surface area contributed by atoms with E-state index in [9.17, 15) is 4.79 Å². The molecule has 98 valence electrons. The Kier molecular flexibility index (Phi) is 1.87. The van der Waals surface area contributed by atoms with E-state index in [1.807, 2.05) is 0 Å². The van der Waals surface area contributed by atoms with Gasteiger partial charge in [-0.25, -0.2) is 0 Å². The lowest BCUT2D eigenvalue weighted by molar-refractivity contribution is -0.167. The van der Waals surface area contributed by atoms with E-state index in [1.165, 1.54) is 6.42 Å². The molecule has 6 fully saturated rings. The number of carbonyl (C=O) groups is 1. The first kappa shape index (κ1) is 11.6. The molecule has 2 nitrogen and oxygen atoms in total. The number of carbonyl (C=O) groups excluding carboxylic acids is 1. The topological polar surface area (TPSA) is 26.3 Å². The van der Waals surface area contributed by atoms with Crippen LogP contribution in [-0.2, 0) is 9.53 Å². The second kappa shape index (κ2) is 2.92. The van der Waals surface area contributed by atoms with E-state index >= 15 is 0 Å². The number of hydrogen-bond acceptors (Lipinski definition) is 2. The Morgan fingerprint density at radius 3 is 2.56 bits per heavy atom. The Labute approximate surface area is 131 Å². The summed E-state index contributed by atoms with van der Waals surface area (Å²) in [5, 5.41) is 0. The van der Waals surface area contributed by atoms with Crippen LogP contribution in [0.25, 0.3) is 0 Å². The van der Waals surface area contributed by atoms with Gasteiger partial charge in [0.2, 0.25) is 0 Å². The van der Waals surface area contributed by atoms with E-state index in [2.05, 4.69) is 47.8 Å². The average molecular weight is 441 g/mol. The second-order valence-electron chi connectivity index (χ2n) is 6.77. The van der Waals surface area contributed by atoms with Gasteiger partial charge in [0.25, 0.3) is 0 Å². The Morgan fingerprint density at radius 2 is 1.89 bits per heavy atom. The third kappa shape index (κ3) is 0.828. The predicted molar refractivity (Wildman–Crippen MR) is 76.8 cm³/mol. The maximum Gasteiger partial charge on any atom is 0.303 e. The third-order valence-corrected chi connectivity index (χ3v) is 10.00.